The van der Waals surface area contributed by atoms with E-state index in [1.54, 1.807) is 0 Å². The van der Waals surface area contributed by atoms with E-state index in [4.69, 9.17) is 5.73 Å². The van der Waals surface area contributed by atoms with Crippen LogP contribution in [-0.2, 0) is 6.42 Å². The molecule has 1 unspecified atom stereocenters. The topological polar surface area (TPSA) is 26.0 Å². The van der Waals surface area contributed by atoms with E-state index in [0.717, 1.165) is 5.92 Å². The number of hydrogen-bond donors (Lipinski definition) is 1. The highest BCUT2D eigenvalue weighted by Crippen LogP contribution is 2.26. The van der Waals surface area contributed by atoms with E-state index in [1.807, 2.05) is 0 Å². The van der Waals surface area contributed by atoms with Crippen molar-refractivity contribution in [2.45, 2.75) is 70.3 Å². The van der Waals surface area contributed by atoms with Crippen LogP contribution in [0.1, 0.15) is 63.4 Å². The zero-order valence-corrected chi connectivity index (χ0v) is 12.2. The van der Waals surface area contributed by atoms with E-state index < -0.39 is 0 Å². The molecule has 0 heterocycles. The summed E-state index contributed by atoms with van der Waals surface area (Å²) in [4.78, 5) is 0. The van der Waals surface area contributed by atoms with Gasteiger partial charge >= 0.3 is 0 Å². The van der Waals surface area contributed by atoms with Gasteiger partial charge in [-0.3, -0.25) is 0 Å². The molecule has 19 heavy (non-hydrogen) atoms. The van der Waals surface area contributed by atoms with E-state index in [9.17, 15) is 0 Å². The average molecular weight is 259 g/mol. The Bertz CT molecular complexity index is 325. The quantitative estimate of drug-likeness (QED) is 0.736. The number of aryl methyl sites for hydroxylation is 1. The molecule has 0 saturated heterocycles. The maximum atomic E-state index is 6.32. The zero-order chi connectivity index (χ0) is 13.3. The summed E-state index contributed by atoms with van der Waals surface area (Å²) in [7, 11) is 0. The van der Waals surface area contributed by atoms with Gasteiger partial charge in [0.05, 0.1) is 0 Å². The van der Waals surface area contributed by atoms with Crippen LogP contribution in [0.3, 0.4) is 0 Å². The van der Waals surface area contributed by atoms with Gasteiger partial charge in [-0.15, -0.1) is 0 Å². The molecule has 1 aliphatic rings. The number of hydrogen-bond acceptors (Lipinski definition) is 1. The Morgan fingerprint density at radius 2 is 1.68 bits per heavy atom. The lowest BCUT2D eigenvalue weighted by atomic mass is 9.90. The zero-order valence-electron chi connectivity index (χ0n) is 12.2. The third kappa shape index (κ3) is 5.78. The fraction of sp³-hybridized carbons (Fsp3) is 0.667. The molecule has 0 radical (unpaired) electrons. The molecule has 1 aromatic carbocycles. The summed E-state index contributed by atoms with van der Waals surface area (Å²) < 4.78 is 0. The standard InChI is InChI=1S/C18H29N/c19-18(15-17-11-4-1-2-5-12-17)14-8-13-16-9-6-3-7-10-16/h3,6-7,9-10,17-18H,1-2,4-5,8,11-15,19H2. The highest BCUT2D eigenvalue weighted by molar-refractivity contribution is 5.14. The van der Waals surface area contributed by atoms with Gasteiger partial charge in [0.2, 0.25) is 0 Å². The van der Waals surface area contributed by atoms with Crippen molar-refractivity contribution in [2.24, 2.45) is 11.7 Å². The number of benzene rings is 1. The van der Waals surface area contributed by atoms with Crippen molar-refractivity contribution >= 4 is 0 Å². The van der Waals surface area contributed by atoms with Crippen LogP contribution in [0.15, 0.2) is 30.3 Å². The predicted octanol–water partition coefficient (Wildman–Crippen LogP) is 4.70. The summed E-state index contributed by atoms with van der Waals surface area (Å²) in [6.45, 7) is 0. The fourth-order valence-electron chi connectivity index (χ4n) is 3.36. The maximum absolute atomic E-state index is 6.32. The van der Waals surface area contributed by atoms with Crippen LogP contribution in [0.4, 0.5) is 0 Å². The van der Waals surface area contributed by atoms with Crippen molar-refractivity contribution in [1.29, 1.82) is 0 Å². The summed E-state index contributed by atoms with van der Waals surface area (Å²) in [5, 5.41) is 0. The molecule has 106 valence electrons. The lowest BCUT2D eigenvalue weighted by molar-refractivity contribution is 0.375. The van der Waals surface area contributed by atoms with Crippen molar-refractivity contribution in [3.05, 3.63) is 35.9 Å². The Morgan fingerprint density at radius 1 is 1.00 bits per heavy atom. The molecule has 0 amide bonds. The summed E-state index contributed by atoms with van der Waals surface area (Å²) in [5.74, 6) is 0.911. The van der Waals surface area contributed by atoms with Gasteiger partial charge in [-0.05, 0) is 37.2 Å². The van der Waals surface area contributed by atoms with Crippen LogP contribution in [0.25, 0.3) is 0 Å². The largest absolute Gasteiger partial charge is 0.328 e. The van der Waals surface area contributed by atoms with E-state index in [1.165, 1.54) is 69.8 Å². The minimum atomic E-state index is 0.423. The lowest BCUT2D eigenvalue weighted by Crippen LogP contribution is -2.23. The van der Waals surface area contributed by atoms with Crippen molar-refractivity contribution in [2.75, 3.05) is 0 Å². The monoisotopic (exact) mass is 259 g/mol. The molecule has 1 atom stereocenters. The van der Waals surface area contributed by atoms with Crippen molar-refractivity contribution in [3.8, 4) is 0 Å². The van der Waals surface area contributed by atoms with Crippen LogP contribution >= 0.6 is 0 Å². The molecule has 0 bridgehead atoms. The number of rotatable bonds is 6. The minimum absolute atomic E-state index is 0.423. The highest BCUT2D eigenvalue weighted by Gasteiger charge is 2.15. The van der Waals surface area contributed by atoms with Crippen LogP contribution < -0.4 is 5.73 Å². The van der Waals surface area contributed by atoms with Gasteiger partial charge in [-0.1, -0.05) is 68.9 Å². The predicted molar refractivity (Wildman–Crippen MR) is 83.2 cm³/mol. The van der Waals surface area contributed by atoms with E-state index in [-0.39, 0.29) is 0 Å². The molecule has 1 aliphatic carbocycles. The van der Waals surface area contributed by atoms with Gasteiger partial charge < -0.3 is 5.73 Å². The smallest absolute Gasteiger partial charge is 0.00415 e. The summed E-state index contributed by atoms with van der Waals surface area (Å²) in [6.07, 6.45) is 13.5. The van der Waals surface area contributed by atoms with Crippen LogP contribution in [-0.4, -0.2) is 6.04 Å². The Kier molecular flexibility index (Phi) is 6.43. The van der Waals surface area contributed by atoms with Crippen molar-refractivity contribution in [3.63, 3.8) is 0 Å². The second-order valence-electron chi connectivity index (χ2n) is 6.23. The first-order valence-corrected chi connectivity index (χ1v) is 8.14. The molecule has 1 aromatic rings. The van der Waals surface area contributed by atoms with Crippen LogP contribution in [0.5, 0.6) is 0 Å². The molecular formula is C18H29N. The minimum Gasteiger partial charge on any atom is -0.328 e. The summed E-state index contributed by atoms with van der Waals surface area (Å²) in [5.41, 5.74) is 7.77. The van der Waals surface area contributed by atoms with Gasteiger partial charge in [-0.2, -0.15) is 0 Å². The average Bonchev–Trinajstić information content (AvgIpc) is 2.68. The molecule has 0 aromatic heterocycles. The third-order valence-corrected chi connectivity index (χ3v) is 4.49. The van der Waals surface area contributed by atoms with Gasteiger partial charge in [0.25, 0.3) is 0 Å². The van der Waals surface area contributed by atoms with E-state index >= 15 is 0 Å². The molecule has 1 heteroatoms. The van der Waals surface area contributed by atoms with Gasteiger partial charge in [-0.25, -0.2) is 0 Å². The fourth-order valence-corrected chi connectivity index (χ4v) is 3.36. The first kappa shape index (κ1) is 14.6. The highest BCUT2D eigenvalue weighted by atomic mass is 14.6. The third-order valence-electron chi connectivity index (χ3n) is 4.49. The molecule has 0 aliphatic heterocycles. The van der Waals surface area contributed by atoms with Crippen molar-refractivity contribution in [1.82, 2.24) is 0 Å². The molecule has 1 fully saturated rings. The Labute approximate surface area is 118 Å². The molecule has 2 N–H and O–H groups in total. The van der Waals surface area contributed by atoms with Gasteiger partial charge in [0.1, 0.15) is 0 Å². The molecule has 0 spiro atoms. The first-order valence-electron chi connectivity index (χ1n) is 8.14. The van der Waals surface area contributed by atoms with E-state index in [0.29, 0.717) is 6.04 Å². The first-order chi connectivity index (χ1) is 9.34. The molecule has 1 nitrogen and oxygen atoms in total. The van der Waals surface area contributed by atoms with Crippen LogP contribution in [0, 0.1) is 5.92 Å². The van der Waals surface area contributed by atoms with Crippen LogP contribution in [0.2, 0.25) is 0 Å². The Balaban J connectivity index is 1.62. The molecular weight excluding hydrogens is 230 g/mol. The van der Waals surface area contributed by atoms with Crippen molar-refractivity contribution < 1.29 is 0 Å². The number of nitrogens with two attached hydrogens (primary N) is 1. The summed E-state index contributed by atoms with van der Waals surface area (Å²) >= 11 is 0. The normalized spacial score (nSPS) is 19.0. The van der Waals surface area contributed by atoms with Gasteiger partial charge in [0, 0.05) is 6.04 Å². The van der Waals surface area contributed by atoms with E-state index in [2.05, 4.69) is 30.3 Å². The Morgan fingerprint density at radius 3 is 2.37 bits per heavy atom. The molecule has 2 rings (SSSR count). The summed E-state index contributed by atoms with van der Waals surface area (Å²) in [6, 6.07) is 11.2. The molecule has 1 saturated carbocycles. The SMILES string of the molecule is NC(CCCc1ccccc1)CC1CCCCCC1. The second-order valence-corrected chi connectivity index (χ2v) is 6.23. The second kappa shape index (κ2) is 8.37. The maximum Gasteiger partial charge on any atom is 0.00415 e. The lowest BCUT2D eigenvalue weighted by Gasteiger charge is -2.19. The van der Waals surface area contributed by atoms with Gasteiger partial charge in [0.15, 0.2) is 0 Å². The Hall–Kier alpha value is -0.820.